The number of fused-ring (bicyclic) bond motifs is 4. The first kappa shape index (κ1) is 23.3. The summed E-state index contributed by atoms with van der Waals surface area (Å²) in [7, 11) is 3.13. The first-order valence-electron chi connectivity index (χ1n) is 12.7. The van der Waals surface area contributed by atoms with Crippen molar-refractivity contribution in [3.05, 3.63) is 83.0 Å². The zero-order valence-electron chi connectivity index (χ0n) is 21.1. The van der Waals surface area contributed by atoms with Crippen molar-refractivity contribution in [2.45, 2.75) is 18.4 Å². The van der Waals surface area contributed by atoms with E-state index >= 15 is 0 Å². The number of carbonyl (C=O) groups is 2. The highest BCUT2D eigenvalue weighted by Gasteiger charge is 2.48. The molecule has 3 aliphatic heterocycles. The lowest BCUT2D eigenvalue weighted by Gasteiger charge is -2.47. The third-order valence-electron chi connectivity index (χ3n) is 7.86. The van der Waals surface area contributed by atoms with Gasteiger partial charge >= 0.3 is 0 Å². The number of nitrogens with zero attached hydrogens (tertiary/aromatic N) is 4. The molecular weight excluding hydrogens is 468 g/mol. The molecule has 8 nitrogen and oxygen atoms in total. The lowest BCUT2D eigenvalue weighted by atomic mass is 9.75. The van der Waals surface area contributed by atoms with E-state index in [4.69, 9.17) is 9.47 Å². The smallest absolute Gasteiger partial charge is 0.254 e. The number of benzene rings is 2. The molecule has 0 saturated carbocycles. The van der Waals surface area contributed by atoms with Gasteiger partial charge in [-0.15, -0.1) is 0 Å². The number of methoxy groups -OCH3 is 2. The molecule has 4 heterocycles. The van der Waals surface area contributed by atoms with Gasteiger partial charge in [0.15, 0.2) is 11.5 Å². The largest absolute Gasteiger partial charge is 0.493 e. The summed E-state index contributed by atoms with van der Waals surface area (Å²) >= 11 is 0. The van der Waals surface area contributed by atoms with Gasteiger partial charge in [0.25, 0.3) is 5.91 Å². The van der Waals surface area contributed by atoms with Crippen LogP contribution in [0.2, 0.25) is 0 Å². The van der Waals surface area contributed by atoms with Crippen molar-refractivity contribution in [2.24, 2.45) is 0 Å². The van der Waals surface area contributed by atoms with Crippen LogP contribution >= 0.6 is 0 Å². The number of hydrogen-bond donors (Lipinski definition) is 0. The van der Waals surface area contributed by atoms with E-state index in [1.807, 2.05) is 46.2 Å². The Morgan fingerprint density at radius 3 is 2.35 bits per heavy atom. The maximum absolute atomic E-state index is 14.4. The summed E-state index contributed by atoms with van der Waals surface area (Å²) in [6.07, 6.45) is 2.56. The first-order chi connectivity index (χ1) is 18.1. The van der Waals surface area contributed by atoms with Gasteiger partial charge in [0.05, 0.1) is 26.2 Å². The molecule has 0 N–H and O–H groups in total. The van der Waals surface area contributed by atoms with Crippen LogP contribution in [0.3, 0.4) is 0 Å². The molecule has 1 aromatic heterocycles. The molecule has 2 aromatic carbocycles. The van der Waals surface area contributed by atoms with Crippen LogP contribution in [-0.2, 0) is 11.2 Å². The van der Waals surface area contributed by atoms with Gasteiger partial charge in [-0.25, -0.2) is 4.98 Å². The molecule has 0 aliphatic carbocycles. The van der Waals surface area contributed by atoms with E-state index < -0.39 is 5.92 Å². The fraction of sp³-hybridized carbons (Fsp3) is 0.345. The molecule has 1 fully saturated rings. The van der Waals surface area contributed by atoms with Gasteiger partial charge in [-0.3, -0.25) is 9.59 Å². The van der Waals surface area contributed by atoms with Crippen molar-refractivity contribution in [2.75, 3.05) is 51.8 Å². The Balaban J connectivity index is 1.40. The Labute approximate surface area is 216 Å². The number of carbonyl (C=O) groups excluding carboxylic acids is 2. The monoisotopic (exact) mass is 498 g/mol. The van der Waals surface area contributed by atoms with Crippen LogP contribution in [0.1, 0.15) is 39.0 Å². The number of pyridine rings is 1. The topological polar surface area (TPSA) is 75.2 Å². The van der Waals surface area contributed by atoms with Crippen LogP contribution in [0.15, 0.2) is 60.8 Å². The first-order valence-corrected chi connectivity index (χ1v) is 12.7. The van der Waals surface area contributed by atoms with Crippen molar-refractivity contribution >= 4 is 17.6 Å². The minimum atomic E-state index is -0.532. The van der Waals surface area contributed by atoms with E-state index in [1.165, 1.54) is 5.56 Å². The van der Waals surface area contributed by atoms with Crippen molar-refractivity contribution in [1.29, 1.82) is 0 Å². The summed E-state index contributed by atoms with van der Waals surface area (Å²) in [5.41, 5.74) is 3.46. The second-order valence-electron chi connectivity index (χ2n) is 9.66. The zero-order valence-corrected chi connectivity index (χ0v) is 21.1. The average Bonchev–Trinajstić information content (AvgIpc) is 2.97. The predicted molar refractivity (Wildman–Crippen MR) is 139 cm³/mol. The van der Waals surface area contributed by atoms with E-state index in [9.17, 15) is 9.59 Å². The molecule has 0 spiro atoms. The molecule has 3 aromatic rings. The van der Waals surface area contributed by atoms with Crippen molar-refractivity contribution in [1.82, 2.24) is 14.8 Å². The molecule has 3 aliphatic rings. The van der Waals surface area contributed by atoms with Gasteiger partial charge < -0.3 is 24.2 Å². The number of hydrogen-bond acceptors (Lipinski definition) is 6. The van der Waals surface area contributed by atoms with Gasteiger partial charge in [0.2, 0.25) is 5.91 Å². The molecule has 6 rings (SSSR count). The van der Waals surface area contributed by atoms with Gasteiger partial charge in [0.1, 0.15) is 5.82 Å². The third-order valence-corrected chi connectivity index (χ3v) is 7.86. The van der Waals surface area contributed by atoms with Crippen LogP contribution < -0.4 is 14.4 Å². The highest BCUT2D eigenvalue weighted by Crippen LogP contribution is 2.49. The fourth-order valence-electron chi connectivity index (χ4n) is 6.01. The molecular formula is C29H30N4O4. The summed E-state index contributed by atoms with van der Waals surface area (Å²) < 4.78 is 11.1. The quantitative estimate of drug-likeness (QED) is 0.550. The number of amides is 2. The van der Waals surface area contributed by atoms with Crippen LogP contribution in [0.5, 0.6) is 11.5 Å². The molecule has 0 radical (unpaired) electrons. The SMILES string of the molecule is COc1cc2c(cc1OC)[C@@H](C(=O)N1CCN(c3ccccn3)CC1)[C@H]1c3ccccc3CCN1C2=O. The molecule has 0 bridgehead atoms. The maximum Gasteiger partial charge on any atom is 0.254 e. The van der Waals surface area contributed by atoms with Gasteiger partial charge in [0, 0.05) is 44.5 Å². The van der Waals surface area contributed by atoms with Crippen molar-refractivity contribution in [3.8, 4) is 11.5 Å². The lowest BCUT2D eigenvalue weighted by Crippen LogP contribution is -2.54. The molecule has 0 unspecified atom stereocenters. The fourth-order valence-corrected chi connectivity index (χ4v) is 6.01. The number of anilines is 1. The van der Waals surface area contributed by atoms with E-state index in [-0.39, 0.29) is 17.9 Å². The van der Waals surface area contributed by atoms with Gasteiger partial charge in [-0.2, -0.15) is 0 Å². The number of piperazine rings is 1. The Hall–Kier alpha value is -4.07. The molecule has 8 heteroatoms. The summed E-state index contributed by atoms with van der Waals surface area (Å²) in [6.45, 7) is 3.18. The zero-order chi connectivity index (χ0) is 25.5. The number of aromatic nitrogens is 1. The second-order valence-corrected chi connectivity index (χ2v) is 9.66. The summed E-state index contributed by atoms with van der Waals surface area (Å²) in [4.78, 5) is 38.6. The molecule has 37 heavy (non-hydrogen) atoms. The molecule has 1 saturated heterocycles. The summed E-state index contributed by atoms with van der Waals surface area (Å²) in [6, 6.07) is 17.3. The van der Waals surface area contributed by atoms with E-state index in [2.05, 4.69) is 22.0 Å². The predicted octanol–water partition coefficient (Wildman–Crippen LogP) is 3.28. The van der Waals surface area contributed by atoms with E-state index in [1.54, 1.807) is 26.5 Å². The molecule has 2 amide bonds. The van der Waals surface area contributed by atoms with Crippen LogP contribution in [-0.4, -0.2) is 73.5 Å². The van der Waals surface area contributed by atoms with Crippen molar-refractivity contribution < 1.29 is 19.1 Å². The van der Waals surface area contributed by atoms with E-state index in [0.717, 1.165) is 17.8 Å². The summed E-state index contributed by atoms with van der Waals surface area (Å²) in [5, 5.41) is 0. The minimum Gasteiger partial charge on any atom is -0.493 e. The Kier molecular flexibility index (Phi) is 5.94. The molecule has 190 valence electrons. The average molecular weight is 499 g/mol. The minimum absolute atomic E-state index is 0.0355. The lowest BCUT2D eigenvalue weighted by molar-refractivity contribution is -0.135. The Bertz CT molecular complexity index is 1340. The van der Waals surface area contributed by atoms with Crippen LogP contribution in [0.4, 0.5) is 5.82 Å². The Morgan fingerprint density at radius 2 is 1.62 bits per heavy atom. The van der Waals surface area contributed by atoms with Gasteiger partial charge in [-0.05, 0) is 47.4 Å². The van der Waals surface area contributed by atoms with Gasteiger partial charge in [-0.1, -0.05) is 30.3 Å². The number of rotatable bonds is 4. The van der Waals surface area contributed by atoms with E-state index in [0.29, 0.717) is 55.3 Å². The van der Waals surface area contributed by atoms with Crippen molar-refractivity contribution in [3.63, 3.8) is 0 Å². The standard InChI is InChI=1S/C29H30N4O4/c1-36-23-17-21-22(18-24(23)37-2)28(34)33-12-10-19-7-3-4-8-20(19)27(33)26(21)29(35)32-15-13-31(14-16-32)25-9-5-6-11-30-25/h3-9,11,17-18,26-27H,10,12-16H2,1-2H3/t26-,27-/m1/s1. The Morgan fingerprint density at radius 1 is 0.892 bits per heavy atom. The maximum atomic E-state index is 14.4. The number of ether oxygens (including phenoxy) is 2. The second kappa shape index (κ2) is 9.42. The van der Waals surface area contributed by atoms with Crippen LogP contribution in [0.25, 0.3) is 0 Å². The normalized spacial score (nSPS) is 20.6. The van der Waals surface area contributed by atoms with Crippen LogP contribution in [0, 0.1) is 0 Å². The highest BCUT2D eigenvalue weighted by molar-refractivity contribution is 6.02. The highest BCUT2D eigenvalue weighted by atomic mass is 16.5. The summed E-state index contributed by atoms with van der Waals surface area (Å²) in [5.74, 6) is 1.36. The third kappa shape index (κ3) is 3.87. The molecule has 2 atom stereocenters.